The van der Waals surface area contributed by atoms with Gasteiger partial charge < -0.3 is 15.4 Å². The number of esters is 1. The maximum atomic E-state index is 12.7. The van der Waals surface area contributed by atoms with Crippen molar-refractivity contribution in [2.75, 3.05) is 6.54 Å². The van der Waals surface area contributed by atoms with Gasteiger partial charge in [0.15, 0.2) is 0 Å². The van der Waals surface area contributed by atoms with Gasteiger partial charge >= 0.3 is 5.97 Å². The number of benzene rings is 1. The third-order valence-corrected chi connectivity index (χ3v) is 7.64. The van der Waals surface area contributed by atoms with E-state index in [1.54, 1.807) is 12.1 Å². The first-order valence-corrected chi connectivity index (χ1v) is 11.8. The second-order valence-electron chi connectivity index (χ2n) is 10.4. The summed E-state index contributed by atoms with van der Waals surface area (Å²) in [6, 6.07) is 9.21. The third kappa shape index (κ3) is 4.78. The van der Waals surface area contributed by atoms with Gasteiger partial charge in [0.25, 0.3) is 5.91 Å². The zero-order valence-corrected chi connectivity index (χ0v) is 18.0. The van der Waals surface area contributed by atoms with Gasteiger partial charge in [-0.15, -0.1) is 0 Å². The van der Waals surface area contributed by atoms with Gasteiger partial charge in [-0.25, -0.2) is 0 Å². The average Bonchev–Trinajstić information content (AvgIpc) is 3.53. The van der Waals surface area contributed by atoms with Crippen LogP contribution in [0.4, 0.5) is 0 Å². The van der Waals surface area contributed by atoms with E-state index in [1.807, 2.05) is 18.2 Å². The summed E-state index contributed by atoms with van der Waals surface area (Å²) in [7, 11) is 0. The van der Waals surface area contributed by atoms with Crippen LogP contribution in [-0.2, 0) is 19.1 Å². The summed E-state index contributed by atoms with van der Waals surface area (Å²) in [5.41, 5.74) is 0.772. The maximum Gasteiger partial charge on any atom is 0.326 e. The Hall–Kier alpha value is -2.37. The van der Waals surface area contributed by atoms with Crippen molar-refractivity contribution >= 4 is 17.8 Å². The molecule has 0 heterocycles. The molecule has 6 heteroatoms. The lowest BCUT2D eigenvalue weighted by atomic mass is 9.49. The highest BCUT2D eigenvalue weighted by molar-refractivity contribution is 5.87. The number of carbonyl (C=O) groups is 3. The number of hydrogen-bond donors (Lipinski definition) is 2. The van der Waals surface area contributed by atoms with Crippen molar-refractivity contribution in [1.82, 2.24) is 10.6 Å². The van der Waals surface area contributed by atoms with Crippen molar-refractivity contribution in [2.45, 2.75) is 69.9 Å². The standard InChI is InChI=1S/C25H32N2O4/c28-21(14-25-11-16-8-17(12-25)10-18(9-16)13-25)26-15-22(29)31-23(19-4-2-1-3-5-19)24(30)27-20-6-7-20/h1-5,16-18,20,23H,6-15H2,(H,26,28)(H,27,30)/t16?,17?,18?,23-,25?/m1/s1. The Bertz CT molecular complexity index is 813. The predicted octanol–water partition coefficient (Wildman–Crippen LogP) is 3.27. The first-order valence-electron chi connectivity index (χ1n) is 11.8. The lowest BCUT2D eigenvalue weighted by Gasteiger charge is -2.56. The zero-order valence-electron chi connectivity index (χ0n) is 18.0. The van der Waals surface area contributed by atoms with Crippen LogP contribution in [0.15, 0.2) is 30.3 Å². The molecule has 31 heavy (non-hydrogen) atoms. The van der Waals surface area contributed by atoms with Crippen LogP contribution in [0, 0.1) is 23.2 Å². The SMILES string of the molecule is O=C(CC12CC3CC(CC(C3)C1)C2)NCC(=O)O[C@@H](C(=O)NC1CC1)c1ccccc1. The van der Waals surface area contributed by atoms with Crippen molar-refractivity contribution < 1.29 is 19.1 Å². The molecule has 6 nitrogen and oxygen atoms in total. The number of rotatable bonds is 8. The summed E-state index contributed by atoms with van der Waals surface area (Å²) < 4.78 is 5.51. The Labute approximate surface area is 183 Å². The highest BCUT2D eigenvalue weighted by Gasteiger charge is 2.51. The molecule has 2 N–H and O–H groups in total. The predicted molar refractivity (Wildman–Crippen MR) is 115 cm³/mol. The lowest BCUT2D eigenvalue weighted by Crippen LogP contribution is -2.48. The molecule has 0 saturated heterocycles. The van der Waals surface area contributed by atoms with Crippen molar-refractivity contribution in [3.63, 3.8) is 0 Å². The Kier molecular flexibility index (Phi) is 5.49. The molecule has 4 bridgehead atoms. The largest absolute Gasteiger partial charge is 0.446 e. The van der Waals surface area contributed by atoms with Gasteiger partial charge in [-0.2, -0.15) is 0 Å². The minimum absolute atomic E-state index is 0.0717. The molecule has 5 aliphatic rings. The van der Waals surface area contributed by atoms with Gasteiger partial charge in [0.05, 0.1) is 0 Å². The van der Waals surface area contributed by atoms with Gasteiger partial charge in [-0.3, -0.25) is 14.4 Å². The molecule has 166 valence electrons. The second-order valence-corrected chi connectivity index (χ2v) is 10.4. The van der Waals surface area contributed by atoms with Gasteiger partial charge in [-0.05, 0) is 74.5 Å². The second kappa shape index (κ2) is 8.29. The zero-order chi connectivity index (χ0) is 21.4. The summed E-state index contributed by atoms with van der Waals surface area (Å²) in [5.74, 6) is 1.42. The number of hydrogen-bond acceptors (Lipinski definition) is 4. The van der Waals surface area contributed by atoms with Crippen LogP contribution in [0.1, 0.15) is 69.5 Å². The van der Waals surface area contributed by atoms with Gasteiger partial charge in [-0.1, -0.05) is 30.3 Å². The summed E-state index contributed by atoms with van der Waals surface area (Å²) >= 11 is 0. The summed E-state index contributed by atoms with van der Waals surface area (Å²) in [6.45, 7) is -0.203. The number of ether oxygens (including phenoxy) is 1. The Morgan fingerprint density at radius 1 is 0.968 bits per heavy atom. The molecule has 1 atom stereocenters. The molecule has 2 amide bonds. The first kappa shape index (κ1) is 20.5. The van der Waals surface area contributed by atoms with Crippen LogP contribution >= 0.6 is 0 Å². The van der Waals surface area contributed by atoms with E-state index >= 15 is 0 Å². The summed E-state index contributed by atoms with van der Waals surface area (Å²) in [6.07, 6.45) is 8.95. The smallest absolute Gasteiger partial charge is 0.326 e. The molecule has 5 aliphatic carbocycles. The fraction of sp³-hybridized carbons (Fsp3) is 0.640. The fourth-order valence-electron chi connectivity index (χ4n) is 6.66. The molecule has 5 saturated carbocycles. The topological polar surface area (TPSA) is 84.5 Å². The van der Waals surface area contributed by atoms with Crippen LogP contribution in [0.5, 0.6) is 0 Å². The number of carbonyl (C=O) groups excluding carboxylic acids is 3. The van der Waals surface area contributed by atoms with Gasteiger partial charge in [0, 0.05) is 18.0 Å². The van der Waals surface area contributed by atoms with Gasteiger partial charge in [0.2, 0.25) is 12.0 Å². The van der Waals surface area contributed by atoms with Crippen LogP contribution in [0.3, 0.4) is 0 Å². The van der Waals surface area contributed by atoms with Crippen LogP contribution in [-0.4, -0.2) is 30.4 Å². The van der Waals surface area contributed by atoms with E-state index in [0.29, 0.717) is 12.0 Å². The molecule has 6 rings (SSSR count). The minimum atomic E-state index is -0.991. The van der Waals surface area contributed by atoms with Crippen molar-refractivity contribution in [2.24, 2.45) is 23.2 Å². The summed E-state index contributed by atoms with van der Waals surface area (Å²) in [5, 5.41) is 5.67. The van der Waals surface area contributed by atoms with Crippen molar-refractivity contribution in [3.05, 3.63) is 35.9 Å². The molecule has 0 radical (unpaired) electrons. The van der Waals surface area contributed by atoms with E-state index in [9.17, 15) is 14.4 Å². The highest BCUT2D eigenvalue weighted by Crippen LogP contribution is 2.61. The molecular weight excluding hydrogens is 392 g/mol. The normalized spacial score (nSPS) is 31.7. The number of nitrogens with one attached hydrogen (secondary N) is 2. The monoisotopic (exact) mass is 424 g/mol. The average molecular weight is 425 g/mol. The molecule has 0 unspecified atom stereocenters. The Morgan fingerprint density at radius 2 is 1.58 bits per heavy atom. The molecule has 0 aromatic heterocycles. The van der Waals surface area contributed by atoms with Crippen molar-refractivity contribution in [3.8, 4) is 0 Å². The Balaban J connectivity index is 1.15. The maximum absolute atomic E-state index is 12.7. The van der Waals surface area contributed by atoms with Gasteiger partial charge in [0.1, 0.15) is 6.54 Å². The molecular formula is C25H32N2O4. The molecule has 5 fully saturated rings. The molecule has 1 aromatic carbocycles. The number of amides is 2. The fourth-order valence-corrected chi connectivity index (χ4v) is 6.66. The van der Waals surface area contributed by atoms with Crippen molar-refractivity contribution in [1.29, 1.82) is 0 Å². The van der Waals surface area contributed by atoms with Crippen LogP contribution < -0.4 is 10.6 Å². The van der Waals surface area contributed by atoms with E-state index in [4.69, 9.17) is 4.74 Å². The van der Waals surface area contributed by atoms with Crippen LogP contribution in [0.25, 0.3) is 0 Å². The quantitative estimate of drug-likeness (QED) is 0.628. The lowest BCUT2D eigenvalue weighted by molar-refractivity contribution is -0.156. The molecule has 0 spiro atoms. The van der Waals surface area contributed by atoms with E-state index in [2.05, 4.69) is 10.6 Å². The summed E-state index contributed by atoms with van der Waals surface area (Å²) in [4.78, 5) is 37.8. The van der Waals surface area contributed by atoms with E-state index < -0.39 is 12.1 Å². The van der Waals surface area contributed by atoms with E-state index in [-0.39, 0.29) is 29.8 Å². The van der Waals surface area contributed by atoms with Crippen LogP contribution in [0.2, 0.25) is 0 Å². The van der Waals surface area contributed by atoms with E-state index in [0.717, 1.165) is 49.9 Å². The van der Waals surface area contributed by atoms with E-state index in [1.165, 1.54) is 19.3 Å². The minimum Gasteiger partial charge on any atom is -0.446 e. The third-order valence-electron chi connectivity index (χ3n) is 7.64. The first-order chi connectivity index (χ1) is 15.0. The molecule has 1 aromatic rings. The highest BCUT2D eigenvalue weighted by atomic mass is 16.5. The Morgan fingerprint density at radius 3 is 2.16 bits per heavy atom. The molecule has 0 aliphatic heterocycles.